The van der Waals surface area contributed by atoms with Crippen molar-refractivity contribution >= 4 is 12.4 Å². The molecule has 20 heavy (non-hydrogen) atoms. The molecule has 1 atom stereocenters. The quantitative estimate of drug-likeness (QED) is 0.813. The second-order valence-electron chi connectivity index (χ2n) is 3.88. The van der Waals surface area contributed by atoms with E-state index in [1.54, 1.807) is 0 Å². The van der Waals surface area contributed by atoms with E-state index in [2.05, 4.69) is 0 Å². The monoisotopic (exact) mass is 325 g/mol. The van der Waals surface area contributed by atoms with E-state index in [0.717, 1.165) is 0 Å². The van der Waals surface area contributed by atoms with E-state index < -0.39 is 48.2 Å². The minimum absolute atomic E-state index is 0. The molecule has 0 saturated heterocycles. The summed E-state index contributed by atoms with van der Waals surface area (Å²) in [7, 11) is 0. The summed E-state index contributed by atoms with van der Waals surface area (Å²) in [6.45, 7) is -0.959. The molecule has 0 radical (unpaired) electrons. The highest BCUT2D eigenvalue weighted by atomic mass is 35.5. The molecule has 1 aromatic carbocycles. The zero-order chi connectivity index (χ0) is 14.8. The number of alkyl halides is 7. The molecule has 1 nitrogen and oxygen atoms in total. The van der Waals surface area contributed by atoms with Gasteiger partial charge in [-0.05, 0) is 24.1 Å². The molecule has 9 heteroatoms. The van der Waals surface area contributed by atoms with Gasteiger partial charge in [0.15, 0.2) is 0 Å². The van der Waals surface area contributed by atoms with Crippen molar-refractivity contribution in [2.45, 2.75) is 24.8 Å². The Morgan fingerprint density at radius 1 is 1.00 bits per heavy atom. The summed E-state index contributed by atoms with van der Waals surface area (Å²) in [6.07, 6.45) is -10.3. The predicted molar refractivity (Wildman–Crippen MR) is 61.2 cm³/mol. The van der Waals surface area contributed by atoms with Crippen molar-refractivity contribution in [3.05, 3.63) is 34.9 Å². The Morgan fingerprint density at radius 3 is 1.95 bits per heavy atom. The highest BCUT2D eigenvalue weighted by Crippen LogP contribution is 2.39. The normalized spacial score (nSPS) is 13.8. The Morgan fingerprint density at radius 2 is 1.55 bits per heavy atom. The molecule has 0 saturated carbocycles. The van der Waals surface area contributed by atoms with Crippen LogP contribution >= 0.6 is 12.4 Å². The molecule has 0 fully saturated rings. The Labute approximate surface area is 116 Å². The fraction of sp³-hybridized carbons (Fsp3) is 0.455. The van der Waals surface area contributed by atoms with Crippen LogP contribution in [-0.2, 0) is 12.4 Å². The molecule has 0 spiro atoms. The van der Waals surface area contributed by atoms with E-state index in [4.69, 9.17) is 5.73 Å². The predicted octanol–water partition coefficient (Wildman–Crippen LogP) is 4.51. The second-order valence-corrected chi connectivity index (χ2v) is 3.88. The first kappa shape index (κ1) is 19.0. The maximum absolute atomic E-state index is 12.7. The lowest BCUT2D eigenvalue weighted by Crippen LogP contribution is -2.19. The van der Waals surface area contributed by atoms with Gasteiger partial charge in [-0.25, -0.2) is 0 Å². The van der Waals surface area contributed by atoms with Crippen molar-refractivity contribution in [3.8, 4) is 0 Å². The Bertz CT molecular complexity index is 441. The van der Waals surface area contributed by atoms with Crippen LogP contribution in [0.3, 0.4) is 0 Å². The molecule has 0 aliphatic heterocycles. The van der Waals surface area contributed by atoms with Crippen molar-refractivity contribution in [3.63, 3.8) is 0 Å². The van der Waals surface area contributed by atoms with E-state index in [-0.39, 0.29) is 18.5 Å². The number of rotatable bonds is 3. The second kappa shape index (κ2) is 6.62. The minimum Gasteiger partial charge on any atom is -0.324 e. The summed E-state index contributed by atoms with van der Waals surface area (Å²) >= 11 is 0. The first-order chi connectivity index (χ1) is 8.57. The summed E-state index contributed by atoms with van der Waals surface area (Å²) in [5, 5.41) is 0. The molecule has 2 N–H and O–H groups in total. The Balaban J connectivity index is 0.00000361. The molecule has 1 rings (SSSR count). The van der Waals surface area contributed by atoms with Gasteiger partial charge in [0.25, 0.3) is 0 Å². The Hall–Kier alpha value is -1.02. The number of hydrogen-bond donors (Lipinski definition) is 1. The third-order valence-corrected chi connectivity index (χ3v) is 2.51. The van der Waals surface area contributed by atoms with Gasteiger partial charge < -0.3 is 5.73 Å². The largest absolute Gasteiger partial charge is 0.416 e. The van der Waals surface area contributed by atoms with Crippen LogP contribution in [0.5, 0.6) is 0 Å². The van der Waals surface area contributed by atoms with E-state index in [1.807, 2.05) is 0 Å². The number of benzene rings is 1. The van der Waals surface area contributed by atoms with Crippen molar-refractivity contribution in [1.29, 1.82) is 0 Å². The van der Waals surface area contributed by atoms with Crippen LogP contribution in [0.15, 0.2) is 18.2 Å². The van der Waals surface area contributed by atoms with Gasteiger partial charge in [-0.15, -0.1) is 12.4 Å². The van der Waals surface area contributed by atoms with Crippen LogP contribution in [0.25, 0.3) is 0 Å². The fourth-order valence-electron chi connectivity index (χ4n) is 1.57. The molecule has 116 valence electrons. The maximum Gasteiger partial charge on any atom is 0.416 e. The topological polar surface area (TPSA) is 26.0 Å². The van der Waals surface area contributed by atoms with Gasteiger partial charge >= 0.3 is 12.4 Å². The molecule has 0 unspecified atom stereocenters. The molecular weight excluding hydrogens is 315 g/mol. The minimum atomic E-state index is -4.98. The lowest BCUT2D eigenvalue weighted by atomic mass is 9.96. The van der Waals surface area contributed by atoms with Gasteiger partial charge in [0.1, 0.15) is 0 Å². The maximum atomic E-state index is 12.7. The number of nitrogens with two attached hydrogens (primary N) is 1. The van der Waals surface area contributed by atoms with Crippen molar-refractivity contribution in [2.24, 2.45) is 5.73 Å². The molecule has 0 amide bonds. The van der Waals surface area contributed by atoms with Crippen LogP contribution in [0.2, 0.25) is 0 Å². The van der Waals surface area contributed by atoms with Gasteiger partial charge in [0.2, 0.25) is 0 Å². The first-order valence-electron chi connectivity index (χ1n) is 5.17. The van der Waals surface area contributed by atoms with Gasteiger partial charge in [0.05, 0.1) is 17.8 Å². The molecule has 1 aromatic rings. The third kappa shape index (κ3) is 4.52. The van der Waals surface area contributed by atoms with Gasteiger partial charge in [0, 0.05) is 6.04 Å². The number of hydrogen-bond acceptors (Lipinski definition) is 1. The summed E-state index contributed by atoms with van der Waals surface area (Å²) in [5.41, 5.74) is 1.89. The Kier molecular flexibility index (Phi) is 6.28. The van der Waals surface area contributed by atoms with E-state index >= 15 is 0 Å². The van der Waals surface area contributed by atoms with Gasteiger partial charge in [-0.1, -0.05) is 6.07 Å². The first-order valence-corrected chi connectivity index (χ1v) is 5.17. The summed E-state index contributed by atoms with van der Waals surface area (Å²) < 4.78 is 87.3. The average Bonchev–Trinajstić information content (AvgIpc) is 2.26. The summed E-state index contributed by atoms with van der Waals surface area (Å²) in [6, 6.07) is -0.161. The average molecular weight is 326 g/mol. The lowest BCUT2D eigenvalue weighted by Gasteiger charge is -2.19. The lowest BCUT2D eigenvalue weighted by molar-refractivity contribution is -0.143. The van der Waals surface area contributed by atoms with Crippen molar-refractivity contribution in [1.82, 2.24) is 0 Å². The summed E-state index contributed by atoms with van der Waals surface area (Å²) in [5.74, 6) is 0. The van der Waals surface area contributed by atoms with E-state index in [1.165, 1.54) is 0 Å². The van der Waals surface area contributed by atoms with Crippen LogP contribution in [0.4, 0.5) is 30.7 Å². The molecular formula is C11H11ClF7N. The standard InChI is InChI=1S/C11H10F7N.ClH/c12-4-3-9(19)7-2-1-6(10(13,14)15)5-8(7)11(16,17)18;/h1-2,5,9H,3-4,19H2;1H/t9-;/m1./s1. The molecule has 0 aromatic heterocycles. The van der Waals surface area contributed by atoms with Gasteiger partial charge in [-0.3, -0.25) is 4.39 Å². The zero-order valence-corrected chi connectivity index (χ0v) is 10.7. The summed E-state index contributed by atoms with van der Waals surface area (Å²) in [4.78, 5) is 0. The molecule has 0 bridgehead atoms. The third-order valence-electron chi connectivity index (χ3n) is 2.51. The smallest absolute Gasteiger partial charge is 0.324 e. The van der Waals surface area contributed by atoms with Crippen LogP contribution in [0, 0.1) is 0 Å². The van der Waals surface area contributed by atoms with Crippen LogP contribution < -0.4 is 5.73 Å². The van der Waals surface area contributed by atoms with E-state index in [0.29, 0.717) is 12.1 Å². The fourth-order valence-corrected chi connectivity index (χ4v) is 1.57. The molecule has 0 aliphatic rings. The van der Waals surface area contributed by atoms with Crippen LogP contribution in [-0.4, -0.2) is 6.67 Å². The SMILES string of the molecule is Cl.N[C@H](CCF)c1ccc(C(F)(F)F)cc1C(F)(F)F. The highest BCUT2D eigenvalue weighted by Gasteiger charge is 2.38. The van der Waals surface area contributed by atoms with E-state index in [9.17, 15) is 30.7 Å². The highest BCUT2D eigenvalue weighted by molar-refractivity contribution is 5.85. The number of halogens is 8. The zero-order valence-electron chi connectivity index (χ0n) is 9.85. The molecule has 0 aliphatic carbocycles. The van der Waals surface area contributed by atoms with Gasteiger partial charge in [-0.2, -0.15) is 26.3 Å². The van der Waals surface area contributed by atoms with Crippen molar-refractivity contribution < 1.29 is 30.7 Å². The molecule has 0 heterocycles. The van der Waals surface area contributed by atoms with Crippen LogP contribution in [0.1, 0.15) is 29.2 Å². The van der Waals surface area contributed by atoms with Crippen molar-refractivity contribution in [2.75, 3.05) is 6.67 Å².